The van der Waals surface area contributed by atoms with Crippen molar-refractivity contribution in [2.24, 2.45) is 0 Å². The second kappa shape index (κ2) is 8.24. The van der Waals surface area contributed by atoms with E-state index in [0.29, 0.717) is 21.7 Å². The summed E-state index contributed by atoms with van der Waals surface area (Å²) < 4.78 is 10.4. The zero-order valence-corrected chi connectivity index (χ0v) is 15.7. The van der Waals surface area contributed by atoms with Crippen molar-refractivity contribution in [3.63, 3.8) is 0 Å². The van der Waals surface area contributed by atoms with Gasteiger partial charge in [0.15, 0.2) is 12.4 Å². The van der Waals surface area contributed by atoms with Crippen LogP contribution in [0, 0.1) is 0 Å². The van der Waals surface area contributed by atoms with Gasteiger partial charge in [-0.05, 0) is 23.6 Å². The van der Waals surface area contributed by atoms with E-state index in [1.165, 1.54) is 12.3 Å². The summed E-state index contributed by atoms with van der Waals surface area (Å²) in [4.78, 5) is 28.3. The van der Waals surface area contributed by atoms with Gasteiger partial charge in [-0.15, -0.1) is 0 Å². The summed E-state index contributed by atoms with van der Waals surface area (Å²) in [6, 6.07) is 12.0. The number of hydrogen-bond acceptors (Lipinski definition) is 5. The number of carbonyl (C=O) groups excluding carboxylic acids is 2. The molecule has 2 aromatic carbocycles. The van der Waals surface area contributed by atoms with E-state index in [1.807, 2.05) is 12.1 Å². The van der Waals surface area contributed by atoms with Crippen LogP contribution < -0.4 is 10.1 Å². The molecule has 1 amide bonds. The topological polar surface area (TPSA) is 77.5 Å². The molecule has 0 unspecified atom stereocenters. The molecule has 8 heteroatoms. The molecule has 3 rings (SSSR count). The van der Waals surface area contributed by atoms with Gasteiger partial charge in [-0.3, -0.25) is 4.79 Å². The number of anilines is 1. The first-order valence-electron chi connectivity index (χ1n) is 7.83. The van der Waals surface area contributed by atoms with E-state index in [2.05, 4.69) is 10.3 Å². The van der Waals surface area contributed by atoms with E-state index in [4.69, 9.17) is 32.7 Å². The molecule has 0 radical (unpaired) electrons. The molecule has 138 valence electrons. The predicted octanol–water partition coefficient (Wildman–Crippen LogP) is 4.35. The van der Waals surface area contributed by atoms with Gasteiger partial charge in [-0.25, -0.2) is 9.78 Å². The maximum absolute atomic E-state index is 12.4. The van der Waals surface area contributed by atoms with Crippen molar-refractivity contribution >= 4 is 51.7 Å². The number of esters is 1. The first-order chi connectivity index (χ1) is 13.0. The normalized spacial score (nSPS) is 10.5. The number of nitrogens with zero attached hydrogens (tertiary/aromatic N) is 1. The molecule has 0 fully saturated rings. The van der Waals surface area contributed by atoms with E-state index >= 15 is 0 Å². The third-order valence-corrected chi connectivity index (χ3v) is 4.22. The number of hydrogen-bond donors (Lipinski definition) is 1. The number of carbonyl (C=O) groups is 2. The minimum atomic E-state index is -0.626. The van der Waals surface area contributed by atoms with Gasteiger partial charge in [0, 0.05) is 11.6 Å². The molecule has 1 N–H and O–H groups in total. The van der Waals surface area contributed by atoms with Crippen molar-refractivity contribution in [1.29, 1.82) is 0 Å². The first kappa shape index (κ1) is 18.9. The van der Waals surface area contributed by atoms with Gasteiger partial charge in [0.05, 0.1) is 22.7 Å². The Morgan fingerprint density at radius 2 is 1.85 bits per heavy atom. The molecular weight excluding hydrogens is 391 g/mol. The molecule has 3 aromatic rings. The van der Waals surface area contributed by atoms with E-state index < -0.39 is 18.5 Å². The monoisotopic (exact) mass is 404 g/mol. The summed E-state index contributed by atoms with van der Waals surface area (Å²) >= 11 is 11.7. The number of halogens is 2. The van der Waals surface area contributed by atoms with Crippen LogP contribution in [0.5, 0.6) is 5.75 Å². The number of nitrogens with one attached hydrogen (secondary N) is 1. The molecule has 1 heterocycles. The van der Waals surface area contributed by atoms with Crippen LogP contribution in [0.1, 0.15) is 10.4 Å². The third-order valence-electron chi connectivity index (χ3n) is 3.72. The SMILES string of the molecule is COc1ccc(C(=O)OCC(=O)Nc2ncc(Cl)cc2Cl)c2ccccc12. The number of fused-ring (bicyclic) bond motifs is 1. The van der Waals surface area contributed by atoms with Crippen LogP contribution in [0.2, 0.25) is 10.0 Å². The van der Waals surface area contributed by atoms with Crippen LogP contribution in [0.25, 0.3) is 10.8 Å². The van der Waals surface area contributed by atoms with Gasteiger partial charge in [0.2, 0.25) is 0 Å². The number of rotatable bonds is 5. The fraction of sp³-hybridized carbons (Fsp3) is 0.105. The van der Waals surface area contributed by atoms with Crippen molar-refractivity contribution in [3.8, 4) is 5.75 Å². The summed E-state index contributed by atoms with van der Waals surface area (Å²) in [6.07, 6.45) is 1.35. The zero-order chi connectivity index (χ0) is 19.4. The van der Waals surface area contributed by atoms with Crippen LogP contribution in [0.15, 0.2) is 48.7 Å². The molecule has 0 aliphatic heterocycles. The highest BCUT2D eigenvalue weighted by Gasteiger charge is 2.16. The van der Waals surface area contributed by atoms with Gasteiger partial charge in [-0.2, -0.15) is 0 Å². The molecular formula is C19H14Cl2N2O4. The second-order valence-corrected chi connectivity index (χ2v) is 6.31. The molecule has 0 atom stereocenters. The third kappa shape index (κ3) is 4.30. The van der Waals surface area contributed by atoms with E-state index in [1.54, 1.807) is 31.4 Å². The van der Waals surface area contributed by atoms with Crippen LogP contribution in [-0.2, 0) is 9.53 Å². The minimum Gasteiger partial charge on any atom is -0.496 e. The van der Waals surface area contributed by atoms with E-state index in [9.17, 15) is 9.59 Å². The lowest BCUT2D eigenvalue weighted by molar-refractivity contribution is -0.119. The van der Waals surface area contributed by atoms with Crippen molar-refractivity contribution in [2.75, 3.05) is 19.0 Å². The van der Waals surface area contributed by atoms with Gasteiger partial charge in [0.25, 0.3) is 5.91 Å². The Morgan fingerprint density at radius 3 is 2.56 bits per heavy atom. The standard InChI is InChI=1S/C19H14Cl2N2O4/c1-26-16-7-6-14(12-4-2-3-5-13(12)16)19(25)27-10-17(24)23-18-15(21)8-11(20)9-22-18/h2-9H,10H2,1H3,(H,22,23,24). The Labute approximate surface area is 165 Å². The molecule has 6 nitrogen and oxygen atoms in total. The van der Waals surface area contributed by atoms with E-state index in [-0.39, 0.29) is 10.8 Å². The van der Waals surface area contributed by atoms with Crippen molar-refractivity contribution in [3.05, 3.63) is 64.3 Å². The average Bonchev–Trinajstić information content (AvgIpc) is 2.67. The number of amides is 1. The van der Waals surface area contributed by atoms with Crippen LogP contribution in [0.4, 0.5) is 5.82 Å². The Morgan fingerprint density at radius 1 is 1.11 bits per heavy atom. The predicted molar refractivity (Wildman–Crippen MR) is 104 cm³/mol. The Bertz CT molecular complexity index is 1020. The van der Waals surface area contributed by atoms with Crippen molar-refractivity contribution in [2.45, 2.75) is 0 Å². The second-order valence-electron chi connectivity index (χ2n) is 5.47. The lowest BCUT2D eigenvalue weighted by Gasteiger charge is -2.11. The number of pyridine rings is 1. The Hall–Kier alpha value is -2.83. The lowest BCUT2D eigenvalue weighted by Crippen LogP contribution is -2.21. The molecule has 0 saturated heterocycles. The lowest BCUT2D eigenvalue weighted by atomic mass is 10.0. The maximum atomic E-state index is 12.4. The molecule has 0 aliphatic carbocycles. The summed E-state index contributed by atoms with van der Waals surface area (Å²) in [6.45, 7) is -0.486. The molecule has 0 bridgehead atoms. The fourth-order valence-corrected chi connectivity index (χ4v) is 2.94. The highest BCUT2D eigenvalue weighted by molar-refractivity contribution is 6.36. The van der Waals surface area contributed by atoms with Gasteiger partial charge < -0.3 is 14.8 Å². The maximum Gasteiger partial charge on any atom is 0.339 e. The van der Waals surface area contributed by atoms with Crippen LogP contribution in [-0.4, -0.2) is 30.6 Å². The van der Waals surface area contributed by atoms with Crippen molar-refractivity contribution < 1.29 is 19.1 Å². The molecule has 0 spiro atoms. The molecule has 0 saturated carbocycles. The quantitative estimate of drug-likeness (QED) is 0.639. The Kier molecular flexibility index (Phi) is 5.78. The number of methoxy groups -OCH3 is 1. The number of aromatic nitrogens is 1. The fourth-order valence-electron chi connectivity index (χ4n) is 2.51. The molecule has 0 aliphatic rings. The highest BCUT2D eigenvalue weighted by Crippen LogP contribution is 2.28. The van der Waals surface area contributed by atoms with Gasteiger partial charge in [-0.1, -0.05) is 47.5 Å². The van der Waals surface area contributed by atoms with Gasteiger partial charge >= 0.3 is 5.97 Å². The van der Waals surface area contributed by atoms with Crippen LogP contribution in [0.3, 0.4) is 0 Å². The summed E-state index contributed by atoms with van der Waals surface area (Å²) in [7, 11) is 1.56. The first-order valence-corrected chi connectivity index (χ1v) is 8.59. The zero-order valence-electron chi connectivity index (χ0n) is 14.2. The summed E-state index contributed by atoms with van der Waals surface area (Å²) in [5.41, 5.74) is 0.335. The highest BCUT2D eigenvalue weighted by atomic mass is 35.5. The summed E-state index contributed by atoms with van der Waals surface area (Å²) in [5, 5.41) is 4.43. The molecule has 27 heavy (non-hydrogen) atoms. The molecule has 1 aromatic heterocycles. The number of benzene rings is 2. The Balaban J connectivity index is 1.71. The van der Waals surface area contributed by atoms with Crippen molar-refractivity contribution in [1.82, 2.24) is 4.98 Å². The summed E-state index contributed by atoms with van der Waals surface area (Å²) in [5.74, 6) is -0.419. The smallest absolute Gasteiger partial charge is 0.339 e. The van der Waals surface area contributed by atoms with Gasteiger partial charge in [0.1, 0.15) is 5.75 Å². The largest absolute Gasteiger partial charge is 0.496 e. The minimum absolute atomic E-state index is 0.136. The van der Waals surface area contributed by atoms with E-state index in [0.717, 1.165) is 5.39 Å². The van der Waals surface area contributed by atoms with Crippen LogP contribution >= 0.6 is 23.2 Å². The number of ether oxygens (including phenoxy) is 2. The average molecular weight is 405 g/mol.